The summed E-state index contributed by atoms with van der Waals surface area (Å²) in [6.45, 7) is 4.19. The zero-order chi connectivity index (χ0) is 16.7. The maximum Gasteiger partial charge on any atom is 0.318 e. The van der Waals surface area contributed by atoms with E-state index in [0.29, 0.717) is 0 Å². The predicted octanol–water partition coefficient (Wildman–Crippen LogP) is 4.71. The third kappa shape index (κ3) is 2.64. The lowest BCUT2D eigenvalue weighted by Crippen LogP contribution is -2.36. The molecular weight excluding hydrogens is 334 g/mol. The number of thiol groups is 1. The number of aromatic nitrogens is 2. The Labute approximate surface area is 151 Å². The molecule has 2 aromatic carbocycles. The quantitative estimate of drug-likeness (QED) is 0.461. The minimum Gasteiger partial charge on any atom is -0.351 e. The smallest absolute Gasteiger partial charge is 0.318 e. The van der Waals surface area contributed by atoms with Gasteiger partial charge in [0.15, 0.2) is 5.69 Å². The molecule has 0 bridgehead atoms. The second kappa shape index (κ2) is 6.07. The second-order valence-corrected chi connectivity index (χ2v) is 7.20. The van der Waals surface area contributed by atoms with Gasteiger partial charge in [-0.15, -0.1) is 0 Å². The number of aromatic amines is 1. The molecule has 3 nitrogen and oxygen atoms in total. The van der Waals surface area contributed by atoms with Crippen LogP contribution < -0.4 is 9.88 Å². The number of H-pyrrole nitrogens is 1. The number of rotatable bonds is 2. The molecule has 0 atom stereocenters. The highest BCUT2D eigenvalue weighted by atomic mass is 32.2. The van der Waals surface area contributed by atoms with Crippen LogP contribution in [-0.4, -0.2) is 4.98 Å². The Morgan fingerprint density at radius 3 is 2.62 bits per heavy atom. The van der Waals surface area contributed by atoms with E-state index in [-0.39, 0.29) is 0 Å². The number of nitrogens with zero attached hydrogens (tertiary/aromatic N) is 1. The third-order valence-corrected chi connectivity index (χ3v) is 5.33. The molecule has 2 N–H and O–H groups in total. The number of fused-ring (bicyclic) bond motifs is 1. The van der Waals surface area contributed by atoms with Gasteiger partial charge in [-0.1, -0.05) is 48.7 Å². The number of para-hydroxylation sites is 1. The molecular formula is C19H18N3S2+. The van der Waals surface area contributed by atoms with Gasteiger partial charge in [0, 0.05) is 17.2 Å². The summed E-state index contributed by atoms with van der Waals surface area (Å²) in [4.78, 5) is 4.60. The number of nitrogens with one attached hydrogen (secondary N) is 2. The van der Waals surface area contributed by atoms with E-state index in [9.17, 15) is 0 Å². The molecule has 0 saturated heterocycles. The summed E-state index contributed by atoms with van der Waals surface area (Å²) >= 11 is 6.38. The molecule has 1 aromatic heterocycles. The molecule has 4 rings (SSSR count). The molecule has 0 unspecified atom stereocenters. The second-order valence-electron chi connectivity index (χ2n) is 5.87. The van der Waals surface area contributed by atoms with E-state index in [1.165, 1.54) is 10.5 Å². The van der Waals surface area contributed by atoms with Crippen LogP contribution in [0.2, 0.25) is 0 Å². The van der Waals surface area contributed by atoms with Crippen LogP contribution in [0, 0.1) is 13.8 Å². The van der Waals surface area contributed by atoms with Crippen LogP contribution in [0.3, 0.4) is 0 Å². The fourth-order valence-electron chi connectivity index (χ4n) is 2.95. The van der Waals surface area contributed by atoms with E-state index in [2.05, 4.69) is 77.1 Å². The van der Waals surface area contributed by atoms with E-state index in [1.807, 2.05) is 18.2 Å². The normalized spacial score (nSPS) is 13.2. The minimum absolute atomic E-state index is 0.816. The molecule has 24 heavy (non-hydrogen) atoms. The van der Waals surface area contributed by atoms with Gasteiger partial charge in [-0.3, -0.25) is 0 Å². The summed E-state index contributed by atoms with van der Waals surface area (Å²) in [6.07, 6.45) is 0. The summed E-state index contributed by atoms with van der Waals surface area (Å²) in [6, 6.07) is 16.8. The van der Waals surface area contributed by atoms with Crippen molar-refractivity contribution >= 4 is 35.8 Å². The van der Waals surface area contributed by atoms with Gasteiger partial charge in [-0.05, 0) is 36.8 Å². The molecule has 5 heteroatoms. The topological polar surface area (TPSA) is 31.7 Å². The first-order valence-electron chi connectivity index (χ1n) is 7.77. The van der Waals surface area contributed by atoms with Gasteiger partial charge in [0.1, 0.15) is 11.4 Å². The van der Waals surface area contributed by atoms with Crippen LogP contribution >= 0.6 is 24.4 Å². The number of anilines is 1. The Morgan fingerprint density at radius 2 is 1.83 bits per heavy atom. The van der Waals surface area contributed by atoms with E-state index < -0.39 is 0 Å². The number of thioether (sulfide) groups is 1. The summed E-state index contributed by atoms with van der Waals surface area (Å²) < 4.78 is 2.14. The molecule has 0 fully saturated rings. The molecule has 2 heterocycles. The Hall–Kier alpha value is -2.11. The first-order valence-corrected chi connectivity index (χ1v) is 9.10. The summed E-state index contributed by atoms with van der Waals surface area (Å²) in [5.41, 5.74) is 6.76. The molecule has 1 aliphatic heterocycles. The molecule has 120 valence electrons. The Kier molecular flexibility index (Phi) is 3.90. The average Bonchev–Trinajstić information content (AvgIpc) is 2.89. The molecule has 3 aromatic rings. The molecule has 1 aliphatic rings. The molecule has 0 amide bonds. The lowest BCUT2D eigenvalue weighted by Gasteiger charge is -2.18. The highest BCUT2D eigenvalue weighted by Gasteiger charge is 2.27. The van der Waals surface area contributed by atoms with Crippen molar-refractivity contribution in [2.45, 2.75) is 23.9 Å². The van der Waals surface area contributed by atoms with Crippen LogP contribution in [-0.2, 0) is 0 Å². The van der Waals surface area contributed by atoms with E-state index >= 15 is 0 Å². The van der Waals surface area contributed by atoms with E-state index in [0.717, 1.165) is 33.6 Å². The van der Waals surface area contributed by atoms with E-state index in [1.54, 1.807) is 11.8 Å². The van der Waals surface area contributed by atoms with Crippen molar-refractivity contribution in [2.24, 2.45) is 0 Å². The lowest BCUT2D eigenvalue weighted by atomic mass is 10.2. The van der Waals surface area contributed by atoms with Crippen LogP contribution in [0.4, 0.5) is 5.69 Å². The van der Waals surface area contributed by atoms with Crippen molar-refractivity contribution in [1.29, 1.82) is 0 Å². The highest BCUT2D eigenvalue weighted by molar-refractivity contribution is 8.02. The van der Waals surface area contributed by atoms with Crippen molar-refractivity contribution in [3.63, 3.8) is 0 Å². The zero-order valence-electron chi connectivity index (χ0n) is 13.5. The SMILES string of the molecule is Cc1ccc2c(c1)SC=C(c1c(C)[nH]c(S)[n+]1-c1ccccc1)N2. The number of hydrogen-bond donors (Lipinski definition) is 3. The van der Waals surface area contributed by atoms with Crippen molar-refractivity contribution in [3.8, 4) is 5.69 Å². The van der Waals surface area contributed by atoms with Crippen molar-refractivity contribution in [2.75, 3.05) is 5.32 Å². The number of hydrogen-bond acceptors (Lipinski definition) is 3. The lowest BCUT2D eigenvalue weighted by molar-refractivity contribution is -0.637. The van der Waals surface area contributed by atoms with Gasteiger partial charge in [-0.25, -0.2) is 4.98 Å². The summed E-state index contributed by atoms with van der Waals surface area (Å²) in [5.74, 6) is 0. The van der Waals surface area contributed by atoms with Gasteiger partial charge in [0.2, 0.25) is 0 Å². The first-order chi connectivity index (χ1) is 11.6. The number of benzene rings is 2. The molecule has 0 radical (unpaired) electrons. The highest BCUT2D eigenvalue weighted by Crippen LogP contribution is 2.38. The van der Waals surface area contributed by atoms with Gasteiger partial charge in [0.05, 0.1) is 11.4 Å². The summed E-state index contributed by atoms with van der Waals surface area (Å²) in [7, 11) is 0. The van der Waals surface area contributed by atoms with E-state index in [4.69, 9.17) is 0 Å². The fourth-order valence-corrected chi connectivity index (χ4v) is 4.25. The van der Waals surface area contributed by atoms with Crippen LogP contribution in [0.25, 0.3) is 11.4 Å². The summed E-state index contributed by atoms with van der Waals surface area (Å²) in [5, 5.41) is 6.56. The Balaban J connectivity index is 1.81. The average molecular weight is 353 g/mol. The standard InChI is InChI=1S/C19H17N3S2/c1-12-8-9-15-17(10-12)24-11-16(21-15)18-13(2)20-19(23)22(18)14-6-4-3-5-7-14/h3-11,21H,1-2H3,(H,20,23)/p+1. The van der Waals surface area contributed by atoms with Crippen molar-refractivity contribution < 1.29 is 4.57 Å². The first kappa shape index (κ1) is 15.4. The number of imidazole rings is 1. The third-order valence-electron chi connectivity index (χ3n) is 4.07. The van der Waals surface area contributed by atoms with Crippen LogP contribution in [0.5, 0.6) is 0 Å². The van der Waals surface area contributed by atoms with Crippen LogP contribution in [0.1, 0.15) is 17.0 Å². The van der Waals surface area contributed by atoms with Gasteiger partial charge in [-0.2, -0.15) is 4.57 Å². The minimum atomic E-state index is 0.816. The van der Waals surface area contributed by atoms with Crippen molar-refractivity contribution in [1.82, 2.24) is 4.98 Å². The zero-order valence-corrected chi connectivity index (χ0v) is 15.2. The fraction of sp³-hybridized carbons (Fsp3) is 0.105. The largest absolute Gasteiger partial charge is 0.351 e. The van der Waals surface area contributed by atoms with Gasteiger partial charge in [0.25, 0.3) is 0 Å². The number of aryl methyl sites for hydroxylation is 2. The maximum atomic E-state index is 4.63. The van der Waals surface area contributed by atoms with Gasteiger partial charge < -0.3 is 5.32 Å². The predicted molar refractivity (Wildman–Crippen MR) is 103 cm³/mol. The monoisotopic (exact) mass is 352 g/mol. The van der Waals surface area contributed by atoms with Gasteiger partial charge >= 0.3 is 5.16 Å². The van der Waals surface area contributed by atoms with Crippen molar-refractivity contribution in [3.05, 3.63) is 70.9 Å². The van der Waals surface area contributed by atoms with Crippen LogP contribution in [0.15, 0.2) is 64.0 Å². The molecule has 0 aliphatic carbocycles. The molecule has 0 spiro atoms. The Bertz CT molecular complexity index is 943. The maximum absolute atomic E-state index is 4.63. The Morgan fingerprint density at radius 1 is 1.04 bits per heavy atom. The molecule has 0 saturated carbocycles.